The van der Waals surface area contributed by atoms with Gasteiger partial charge in [0.25, 0.3) is 0 Å². The van der Waals surface area contributed by atoms with Crippen molar-refractivity contribution in [2.75, 3.05) is 31.1 Å². The lowest BCUT2D eigenvalue weighted by Crippen LogP contribution is -2.50. The fourth-order valence-corrected chi connectivity index (χ4v) is 3.24. The SMILES string of the molecule is CCc1cc(C=C(C)C)cc(N2CCN(C(=O)OC(C)(C)C)CC2)c1C#N. The van der Waals surface area contributed by atoms with Gasteiger partial charge in [0.1, 0.15) is 11.7 Å². The standard InChI is InChI=1S/C22H31N3O2/c1-7-18-13-17(12-16(2)3)14-20(19(18)15-23)24-8-10-25(11-9-24)21(26)27-22(4,5)6/h12-14H,7-11H2,1-6H3. The van der Waals surface area contributed by atoms with Crippen LogP contribution in [0.2, 0.25) is 0 Å². The molecular formula is C22H31N3O2. The number of ether oxygens (including phenoxy) is 1. The van der Waals surface area contributed by atoms with E-state index in [1.807, 2.05) is 20.8 Å². The Morgan fingerprint density at radius 3 is 2.33 bits per heavy atom. The maximum atomic E-state index is 12.3. The Morgan fingerprint density at radius 1 is 1.22 bits per heavy atom. The van der Waals surface area contributed by atoms with E-state index in [2.05, 4.69) is 49.9 Å². The number of amides is 1. The van der Waals surface area contributed by atoms with E-state index in [-0.39, 0.29) is 6.09 Å². The number of hydrogen-bond acceptors (Lipinski definition) is 4. The average Bonchev–Trinajstić information content (AvgIpc) is 2.59. The lowest BCUT2D eigenvalue weighted by atomic mass is 9.98. The third-order valence-electron chi connectivity index (χ3n) is 4.44. The lowest BCUT2D eigenvalue weighted by molar-refractivity contribution is 0.0240. The number of piperazine rings is 1. The highest BCUT2D eigenvalue weighted by molar-refractivity contribution is 5.71. The fourth-order valence-electron chi connectivity index (χ4n) is 3.24. The highest BCUT2D eigenvalue weighted by atomic mass is 16.6. The number of rotatable bonds is 3. The molecule has 0 spiro atoms. The predicted molar refractivity (Wildman–Crippen MR) is 110 cm³/mol. The fraction of sp³-hybridized carbons (Fsp3) is 0.545. The van der Waals surface area contributed by atoms with Crippen molar-refractivity contribution < 1.29 is 9.53 Å². The Morgan fingerprint density at radius 2 is 1.85 bits per heavy atom. The van der Waals surface area contributed by atoms with Gasteiger partial charge in [-0.1, -0.05) is 24.6 Å². The molecule has 5 nitrogen and oxygen atoms in total. The van der Waals surface area contributed by atoms with E-state index in [0.717, 1.165) is 28.8 Å². The number of anilines is 1. The van der Waals surface area contributed by atoms with E-state index < -0.39 is 5.60 Å². The van der Waals surface area contributed by atoms with Gasteiger partial charge in [0, 0.05) is 26.2 Å². The van der Waals surface area contributed by atoms with Crippen LogP contribution in [0.25, 0.3) is 6.08 Å². The van der Waals surface area contributed by atoms with Gasteiger partial charge in [-0.2, -0.15) is 5.26 Å². The number of allylic oxidation sites excluding steroid dienone is 1. The topological polar surface area (TPSA) is 56.6 Å². The summed E-state index contributed by atoms with van der Waals surface area (Å²) in [6, 6.07) is 6.58. The van der Waals surface area contributed by atoms with E-state index >= 15 is 0 Å². The van der Waals surface area contributed by atoms with Crippen LogP contribution in [-0.2, 0) is 11.2 Å². The van der Waals surface area contributed by atoms with Crippen LogP contribution in [0.3, 0.4) is 0 Å². The van der Waals surface area contributed by atoms with Gasteiger partial charge in [-0.05, 0) is 58.2 Å². The van der Waals surface area contributed by atoms with Crippen molar-refractivity contribution in [3.8, 4) is 6.07 Å². The van der Waals surface area contributed by atoms with Crippen molar-refractivity contribution in [1.29, 1.82) is 5.26 Å². The van der Waals surface area contributed by atoms with Crippen molar-refractivity contribution in [2.45, 2.75) is 53.6 Å². The van der Waals surface area contributed by atoms with Gasteiger partial charge in [-0.25, -0.2) is 4.79 Å². The molecule has 0 atom stereocenters. The molecule has 0 N–H and O–H groups in total. The van der Waals surface area contributed by atoms with Gasteiger partial charge in [0.05, 0.1) is 11.3 Å². The summed E-state index contributed by atoms with van der Waals surface area (Å²) in [5.41, 5.74) is 4.63. The summed E-state index contributed by atoms with van der Waals surface area (Å²) in [6.45, 7) is 14.4. The molecule has 1 fully saturated rings. The highest BCUT2D eigenvalue weighted by Gasteiger charge is 2.27. The van der Waals surface area contributed by atoms with E-state index in [0.29, 0.717) is 26.2 Å². The molecule has 0 radical (unpaired) electrons. The normalized spacial score (nSPS) is 14.6. The zero-order valence-corrected chi connectivity index (χ0v) is 17.4. The summed E-state index contributed by atoms with van der Waals surface area (Å²) in [5.74, 6) is 0. The molecule has 1 aliphatic heterocycles. The molecule has 0 aromatic heterocycles. The largest absolute Gasteiger partial charge is 0.444 e. The highest BCUT2D eigenvalue weighted by Crippen LogP contribution is 2.28. The molecule has 1 aliphatic rings. The van der Waals surface area contributed by atoms with Crippen molar-refractivity contribution in [3.05, 3.63) is 34.4 Å². The first-order valence-electron chi connectivity index (χ1n) is 9.59. The first-order chi connectivity index (χ1) is 12.6. The molecule has 146 valence electrons. The van der Waals surface area contributed by atoms with E-state index in [9.17, 15) is 10.1 Å². The quantitative estimate of drug-likeness (QED) is 0.781. The second-order valence-corrected chi connectivity index (χ2v) is 8.22. The van der Waals surface area contributed by atoms with Crippen LogP contribution in [-0.4, -0.2) is 42.8 Å². The third-order valence-corrected chi connectivity index (χ3v) is 4.44. The minimum atomic E-state index is -0.489. The molecule has 2 rings (SSSR count). The van der Waals surface area contributed by atoms with Crippen LogP contribution in [0.1, 0.15) is 58.2 Å². The van der Waals surface area contributed by atoms with Crippen molar-refractivity contribution in [1.82, 2.24) is 4.90 Å². The molecule has 1 saturated heterocycles. The Bertz CT molecular complexity index is 757. The summed E-state index contributed by atoms with van der Waals surface area (Å²) in [4.78, 5) is 16.2. The Hall–Kier alpha value is -2.48. The monoisotopic (exact) mass is 369 g/mol. The van der Waals surface area contributed by atoms with Gasteiger partial charge >= 0.3 is 6.09 Å². The zero-order valence-electron chi connectivity index (χ0n) is 17.4. The minimum Gasteiger partial charge on any atom is -0.444 e. The molecule has 5 heteroatoms. The molecule has 1 aromatic rings. The molecule has 0 unspecified atom stereocenters. The summed E-state index contributed by atoms with van der Waals surface area (Å²) >= 11 is 0. The van der Waals surface area contributed by atoms with Crippen LogP contribution < -0.4 is 4.90 Å². The van der Waals surface area contributed by atoms with Crippen LogP contribution in [0.4, 0.5) is 10.5 Å². The zero-order chi connectivity index (χ0) is 20.2. The lowest BCUT2D eigenvalue weighted by Gasteiger charge is -2.37. The van der Waals surface area contributed by atoms with Crippen molar-refractivity contribution >= 4 is 17.9 Å². The Kier molecular flexibility index (Phi) is 6.54. The van der Waals surface area contributed by atoms with E-state index in [4.69, 9.17) is 4.74 Å². The number of benzene rings is 1. The summed E-state index contributed by atoms with van der Waals surface area (Å²) < 4.78 is 5.47. The number of nitrogens with zero attached hydrogens (tertiary/aromatic N) is 3. The van der Waals surface area contributed by atoms with Crippen molar-refractivity contribution in [2.24, 2.45) is 0 Å². The first-order valence-corrected chi connectivity index (χ1v) is 9.59. The molecule has 0 saturated carbocycles. The summed E-state index contributed by atoms with van der Waals surface area (Å²) in [7, 11) is 0. The number of nitriles is 1. The molecule has 1 aromatic carbocycles. The first kappa shape index (κ1) is 20.8. The Labute approximate surface area is 163 Å². The number of aryl methyl sites for hydroxylation is 1. The minimum absolute atomic E-state index is 0.268. The van der Waals surface area contributed by atoms with Crippen LogP contribution >= 0.6 is 0 Å². The van der Waals surface area contributed by atoms with Gasteiger partial charge in [0.15, 0.2) is 0 Å². The average molecular weight is 370 g/mol. The second-order valence-electron chi connectivity index (χ2n) is 8.22. The maximum absolute atomic E-state index is 12.3. The second kappa shape index (κ2) is 8.47. The Balaban J connectivity index is 2.23. The summed E-state index contributed by atoms with van der Waals surface area (Å²) in [5, 5.41) is 9.72. The van der Waals surface area contributed by atoms with Crippen LogP contribution in [0.15, 0.2) is 17.7 Å². The van der Waals surface area contributed by atoms with Gasteiger partial charge < -0.3 is 14.5 Å². The number of hydrogen-bond donors (Lipinski definition) is 0. The van der Waals surface area contributed by atoms with E-state index in [1.54, 1.807) is 4.90 Å². The van der Waals surface area contributed by atoms with Crippen LogP contribution in [0, 0.1) is 11.3 Å². The molecular weight excluding hydrogens is 338 g/mol. The van der Waals surface area contributed by atoms with E-state index in [1.165, 1.54) is 5.57 Å². The molecule has 1 heterocycles. The molecule has 1 amide bonds. The van der Waals surface area contributed by atoms with Crippen LogP contribution in [0.5, 0.6) is 0 Å². The third kappa shape index (κ3) is 5.50. The van der Waals surface area contributed by atoms with Gasteiger partial charge in [-0.15, -0.1) is 0 Å². The van der Waals surface area contributed by atoms with Crippen molar-refractivity contribution in [3.63, 3.8) is 0 Å². The maximum Gasteiger partial charge on any atom is 0.410 e. The smallest absolute Gasteiger partial charge is 0.410 e. The molecule has 27 heavy (non-hydrogen) atoms. The summed E-state index contributed by atoms with van der Waals surface area (Å²) in [6.07, 6.45) is 2.69. The van der Waals surface area contributed by atoms with Gasteiger partial charge in [-0.3, -0.25) is 0 Å². The molecule has 0 bridgehead atoms. The van der Waals surface area contributed by atoms with Gasteiger partial charge in [0.2, 0.25) is 0 Å². The number of carbonyl (C=O) groups is 1. The number of carbonyl (C=O) groups excluding carboxylic acids is 1. The predicted octanol–water partition coefficient (Wildman–Crippen LogP) is 4.60. The molecule has 0 aliphatic carbocycles.